The number of nitrogens with zero attached hydrogens (tertiary/aromatic N) is 3. The molecule has 0 aliphatic carbocycles. The summed E-state index contributed by atoms with van der Waals surface area (Å²) in [4.78, 5) is 19.6. The van der Waals surface area contributed by atoms with E-state index in [0.29, 0.717) is 36.1 Å². The van der Waals surface area contributed by atoms with E-state index in [1.807, 2.05) is 27.7 Å². The van der Waals surface area contributed by atoms with Crippen molar-refractivity contribution in [2.75, 3.05) is 13.2 Å². The topological polar surface area (TPSA) is 86.3 Å². The van der Waals surface area contributed by atoms with E-state index in [2.05, 4.69) is 25.5 Å². The number of hydrogen-bond donors (Lipinski definition) is 0. The molecule has 0 amide bonds. The van der Waals surface area contributed by atoms with Crippen LogP contribution in [0.25, 0.3) is 0 Å². The molecule has 0 saturated carbocycles. The first-order valence-corrected chi connectivity index (χ1v) is 10.3. The maximum atomic E-state index is 11.2. The second kappa shape index (κ2) is 7.42. The zero-order valence-electron chi connectivity index (χ0n) is 14.2. The monoisotopic (exact) mass is 546 g/mol. The molecule has 25 heavy (non-hydrogen) atoms. The molecule has 2 aliphatic heterocycles. The average Bonchev–Trinajstić information content (AvgIpc) is 3.10. The Morgan fingerprint density at radius 2 is 1.64 bits per heavy atom. The Morgan fingerprint density at radius 3 is 2.08 bits per heavy atom. The van der Waals surface area contributed by atoms with Crippen molar-refractivity contribution in [2.24, 2.45) is 9.98 Å². The number of aliphatic imine (C=N–C) groups is 2. The fraction of sp³-hybridized carbons (Fsp3) is 0.500. The normalized spacial score (nSPS) is 19.8. The Hall–Kier alpha value is -1.46. The standard InChI is InChI=1S/C16H18N3O4.ClH.Pt/c1-15(2)8-22-13(17-15)10-5-11(7-12(6-10)19(20)21)14-18-16(3,4)9-23-14;;/h5-6H,8-9H2,1-4H3;1H;/q-1;;+2/p-1. The van der Waals surface area contributed by atoms with Crippen molar-refractivity contribution < 1.29 is 33.2 Å². The second-order valence-electron chi connectivity index (χ2n) is 6.96. The predicted molar refractivity (Wildman–Crippen MR) is 90.9 cm³/mol. The third kappa shape index (κ3) is 4.79. The van der Waals surface area contributed by atoms with Gasteiger partial charge in [0, 0.05) is 4.92 Å². The van der Waals surface area contributed by atoms with Crippen molar-refractivity contribution >= 4 is 26.9 Å². The maximum absolute atomic E-state index is 11.2. The molecule has 1 aromatic carbocycles. The van der Waals surface area contributed by atoms with Crippen LogP contribution in [0.2, 0.25) is 0 Å². The molecule has 7 nitrogen and oxygen atoms in total. The van der Waals surface area contributed by atoms with Crippen LogP contribution in [0.15, 0.2) is 22.1 Å². The van der Waals surface area contributed by atoms with Crippen molar-refractivity contribution in [3.05, 3.63) is 39.4 Å². The van der Waals surface area contributed by atoms with Crippen molar-refractivity contribution in [2.45, 2.75) is 38.8 Å². The summed E-state index contributed by atoms with van der Waals surface area (Å²) in [6.45, 7) is 8.62. The number of non-ortho nitro benzene ring substituents is 1. The Balaban J connectivity index is 0.00000109. The van der Waals surface area contributed by atoms with Crippen LogP contribution in [-0.4, -0.2) is 41.0 Å². The fourth-order valence-corrected chi connectivity index (χ4v) is 2.35. The Morgan fingerprint density at radius 1 is 1.12 bits per heavy atom. The van der Waals surface area contributed by atoms with Gasteiger partial charge >= 0.3 is 28.2 Å². The molecule has 0 spiro atoms. The molecule has 2 aliphatic rings. The molecular weight excluding hydrogens is 529 g/mol. The van der Waals surface area contributed by atoms with Crippen LogP contribution in [0.1, 0.15) is 38.8 Å². The zero-order chi connectivity index (χ0) is 18.8. The molecule has 138 valence electrons. The molecule has 0 radical (unpaired) electrons. The van der Waals surface area contributed by atoms with Crippen LogP contribution < -0.4 is 0 Å². The number of hydrogen-bond acceptors (Lipinski definition) is 6. The van der Waals surface area contributed by atoms with Crippen molar-refractivity contribution in [3.8, 4) is 0 Å². The van der Waals surface area contributed by atoms with Crippen LogP contribution >= 0.6 is 9.42 Å². The van der Waals surface area contributed by atoms with Gasteiger partial charge in [-0.05, 0) is 33.3 Å². The van der Waals surface area contributed by atoms with Gasteiger partial charge in [-0.2, -0.15) is 0 Å². The Kier molecular flexibility index (Phi) is 5.89. The van der Waals surface area contributed by atoms with Gasteiger partial charge in [0.15, 0.2) is 11.6 Å². The first-order valence-electron chi connectivity index (χ1n) is 7.45. The molecule has 0 fully saturated rings. The third-order valence-corrected chi connectivity index (χ3v) is 3.46. The van der Waals surface area contributed by atoms with Crippen LogP contribution in [0.3, 0.4) is 0 Å². The zero-order valence-corrected chi connectivity index (χ0v) is 17.3. The van der Waals surface area contributed by atoms with Gasteiger partial charge in [-0.1, -0.05) is 17.7 Å². The van der Waals surface area contributed by atoms with Gasteiger partial charge in [0.25, 0.3) is 0 Å². The molecule has 2 heterocycles. The summed E-state index contributed by atoms with van der Waals surface area (Å²) in [6, 6.07) is 5.87. The number of halogens is 1. The molecule has 0 unspecified atom stereocenters. The van der Waals surface area contributed by atoms with Gasteiger partial charge in [-0.15, -0.1) is 6.07 Å². The molecule has 0 saturated heterocycles. The summed E-state index contributed by atoms with van der Waals surface area (Å²) in [5.74, 6) is 0.754. The quantitative estimate of drug-likeness (QED) is 0.331. The van der Waals surface area contributed by atoms with Gasteiger partial charge in [0.2, 0.25) is 0 Å². The summed E-state index contributed by atoms with van der Waals surface area (Å²) in [5, 5.41) is 11.2. The molecule has 9 heteroatoms. The van der Waals surface area contributed by atoms with Crippen LogP contribution in [-0.2, 0) is 28.2 Å². The van der Waals surface area contributed by atoms with Gasteiger partial charge in [0.05, 0.1) is 11.1 Å². The molecule has 0 bridgehead atoms. The molecule has 0 N–H and O–H groups in total. The Labute approximate surface area is 161 Å². The van der Waals surface area contributed by atoms with E-state index in [9.17, 15) is 10.1 Å². The minimum atomic E-state index is -0.492. The van der Waals surface area contributed by atoms with Gasteiger partial charge in [-0.25, -0.2) is 4.99 Å². The molecule has 0 atom stereocenters. The van der Waals surface area contributed by atoms with Crippen molar-refractivity contribution in [1.82, 2.24) is 0 Å². The van der Waals surface area contributed by atoms with Gasteiger partial charge in [-0.3, -0.25) is 15.1 Å². The molecule has 1 aromatic rings. The number of rotatable bonds is 3. The number of benzene rings is 1. The van der Waals surface area contributed by atoms with E-state index >= 15 is 0 Å². The van der Waals surface area contributed by atoms with Gasteiger partial charge in [0.1, 0.15) is 19.1 Å². The molecule has 3 rings (SSSR count). The van der Waals surface area contributed by atoms with E-state index < -0.39 is 4.92 Å². The Bertz CT molecular complexity index is 695. The third-order valence-electron chi connectivity index (χ3n) is 3.46. The summed E-state index contributed by atoms with van der Waals surface area (Å²) in [5.41, 5.74) is 0.122. The van der Waals surface area contributed by atoms with Crippen LogP contribution in [0.5, 0.6) is 0 Å². The van der Waals surface area contributed by atoms with Gasteiger partial charge < -0.3 is 9.47 Å². The van der Waals surface area contributed by atoms with Crippen molar-refractivity contribution in [3.63, 3.8) is 0 Å². The fourth-order valence-electron chi connectivity index (χ4n) is 2.35. The summed E-state index contributed by atoms with van der Waals surface area (Å²) in [7, 11) is 4.61. The van der Waals surface area contributed by atoms with E-state index in [0.717, 1.165) is 0 Å². The van der Waals surface area contributed by atoms with Crippen molar-refractivity contribution in [1.29, 1.82) is 0 Å². The SMILES string of the molecule is CC1(C)COC(c2[c-]c([N+](=O)[O-])cc(C3=NC(C)(C)CO3)c2)=N1.[Cl][Pt+]. The first kappa shape index (κ1) is 19.9. The van der Waals surface area contributed by atoms with E-state index in [1.165, 1.54) is 6.07 Å². The number of nitro benzene ring substituents is 1. The van der Waals surface area contributed by atoms with E-state index in [1.54, 1.807) is 24.8 Å². The molecule has 0 aromatic heterocycles. The van der Waals surface area contributed by atoms with E-state index in [-0.39, 0.29) is 16.8 Å². The second-order valence-corrected chi connectivity index (χ2v) is 6.96. The number of ether oxygens (including phenoxy) is 2. The summed E-state index contributed by atoms with van der Waals surface area (Å²) < 4.78 is 11.1. The number of nitro groups is 1. The summed E-state index contributed by atoms with van der Waals surface area (Å²) >= 11 is 1.61. The van der Waals surface area contributed by atoms with Crippen LogP contribution in [0, 0.1) is 16.2 Å². The summed E-state index contributed by atoms with van der Waals surface area (Å²) in [6.07, 6.45) is 0. The van der Waals surface area contributed by atoms with Crippen LogP contribution in [0.4, 0.5) is 5.69 Å². The first-order chi connectivity index (χ1) is 11.7. The molecular formula is C16H18ClN3O4Pt. The minimum absolute atomic E-state index is 0.162. The van der Waals surface area contributed by atoms with E-state index in [4.69, 9.17) is 9.47 Å². The predicted octanol–water partition coefficient (Wildman–Crippen LogP) is 3.19. The average molecular weight is 547 g/mol.